The van der Waals surface area contributed by atoms with Crippen molar-refractivity contribution >= 4 is 39.1 Å². The number of nitrogens with zero attached hydrogens (tertiary/aromatic N) is 2. The number of carbonyl (C=O) groups is 1. The van der Waals surface area contributed by atoms with Gasteiger partial charge in [0.25, 0.3) is 5.56 Å². The van der Waals surface area contributed by atoms with E-state index in [0.717, 1.165) is 36.1 Å². The van der Waals surface area contributed by atoms with Crippen LogP contribution in [-0.4, -0.2) is 42.4 Å². The molecule has 0 atom stereocenters. The standard InChI is InChI=1S/C27H26N2O5S2/c1-32-17-10-8-16(9-11-17)29-26(31)24-19-6-4-5-7-23(19)36-25(24)28-27(29)35-15-21(30)20-14-18(33-2)12-13-22(20)34-3/h8-14H,4-7,15H2,1-3H3. The lowest BCUT2D eigenvalue weighted by Crippen LogP contribution is -2.22. The largest absolute Gasteiger partial charge is 0.497 e. The molecule has 5 rings (SSSR count). The molecule has 0 saturated carbocycles. The molecule has 4 aromatic rings. The van der Waals surface area contributed by atoms with Gasteiger partial charge in [0.05, 0.1) is 43.7 Å². The quantitative estimate of drug-likeness (QED) is 0.176. The molecule has 0 bridgehead atoms. The second kappa shape index (κ2) is 10.4. The van der Waals surface area contributed by atoms with Crippen LogP contribution in [0.25, 0.3) is 15.9 Å². The smallest absolute Gasteiger partial charge is 0.267 e. The summed E-state index contributed by atoms with van der Waals surface area (Å²) in [6.45, 7) is 0. The van der Waals surface area contributed by atoms with E-state index >= 15 is 0 Å². The van der Waals surface area contributed by atoms with E-state index in [-0.39, 0.29) is 17.1 Å². The molecule has 0 saturated heterocycles. The molecule has 1 aliphatic carbocycles. The van der Waals surface area contributed by atoms with Crippen LogP contribution in [0.1, 0.15) is 33.6 Å². The number of Topliss-reactive ketones (excluding diaryl/α,β-unsaturated/α-hetero) is 1. The lowest BCUT2D eigenvalue weighted by atomic mass is 9.97. The topological polar surface area (TPSA) is 79.7 Å². The number of aryl methyl sites for hydroxylation is 2. The van der Waals surface area contributed by atoms with Crippen LogP contribution in [0.2, 0.25) is 0 Å². The Bertz CT molecular complexity index is 1490. The van der Waals surface area contributed by atoms with E-state index in [4.69, 9.17) is 19.2 Å². The lowest BCUT2D eigenvalue weighted by molar-refractivity contribution is 0.101. The van der Waals surface area contributed by atoms with E-state index in [0.29, 0.717) is 39.0 Å². The van der Waals surface area contributed by atoms with Gasteiger partial charge in [0.15, 0.2) is 10.9 Å². The summed E-state index contributed by atoms with van der Waals surface area (Å²) in [4.78, 5) is 34.0. The minimum absolute atomic E-state index is 0.0860. The molecule has 186 valence electrons. The van der Waals surface area contributed by atoms with Gasteiger partial charge in [-0.25, -0.2) is 4.98 Å². The van der Waals surface area contributed by atoms with Gasteiger partial charge in [0, 0.05) is 4.88 Å². The van der Waals surface area contributed by atoms with Crippen molar-refractivity contribution in [2.75, 3.05) is 27.1 Å². The van der Waals surface area contributed by atoms with Gasteiger partial charge < -0.3 is 14.2 Å². The van der Waals surface area contributed by atoms with Gasteiger partial charge in [-0.2, -0.15) is 0 Å². The Morgan fingerprint density at radius 1 is 1.00 bits per heavy atom. The molecule has 36 heavy (non-hydrogen) atoms. The van der Waals surface area contributed by atoms with E-state index in [1.807, 2.05) is 24.3 Å². The summed E-state index contributed by atoms with van der Waals surface area (Å²) in [5.74, 6) is 1.69. The molecule has 9 heteroatoms. The van der Waals surface area contributed by atoms with E-state index < -0.39 is 0 Å². The fraction of sp³-hybridized carbons (Fsp3) is 0.296. The van der Waals surface area contributed by atoms with E-state index in [1.54, 1.807) is 48.3 Å². The van der Waals surface area contributed by atoms with E-state index in [1.165, 1.54) is 23.7 Å². The maximum Gasteiger partial charge on any atom is 0.267 e. The monoisotopic (exact) mass is 522 g/mol. The summed E-state index contributed by atoms with van der Waals surface area (Å²) in [5.41, 5.74) is 2.14. The molecule has 0 unspecified atom stereocenters. The first-order chi connectivity index (χ1) is 17.5. The molecule has 0 N–H and O–H groups in total. The zero-order chi connectivity index (χ0) is 25.2. The number of thioether (sulfide) groups is 1. The molecule has 0 aliphatic heterocycles. The average molecular weight is 523 g/mol. The zero-order valence-corrected chi connectivity index (χ0v) is 22.0. The van der Waals surface area contributed by atoms with Crippen LogP contribution < -0.4 is 19.8 Å². The van der Waals surface area contributed by atoms with Crippen LogP contribution in [-0.2, 0) is 12.8 Å². The number of rotatable bonds is 8. The first-order valence-electron chi connectivity index (χ1n) is 11.6. The highest BCUT2D eigenvalue weighted by Crippen LogP contribution is 2.36. The third-order valence-corrected chi connectivity index (χ3v) is 8.45. The number of carbonyl (C=O) groups excluding carboxylic acids is 1. The summed E-state index contributed by atoms with van der Waals surface area (Å²) < 4.78 is 17.6. The number of hydrogen-bond donors (Lipinski definition) is 0. The van der Waals surface area contributed by atoms with Crippen molar-refractivity contribution < 1.29 is 19.0 Å². The van der Waals surface area contributed by atoms with Gasteiger partial charge in [-0.3, -0.25) is 14.2 Å². The zero-order valence-electron chi connectivity index (χ0n) is 20.3. The Balaban J connectivity index is 1.58. The lowest BCUT2D eigenvalue weighted by Gasteiger charge is -2.14. The number of methoxy groups -OCH3 is 3. The molecular weight excluding hydrogens is 496 g/mol. The SMILES string of the molecule is COc1ccc(-n2c(SCC(=O)c3cc(OC)ccc3OC)nc3sc4c(c3c2=O)CCCC4)cc1. The molecule has 0 radical (unpaired) electrons. The van der Waals surface area contributed by atoms with E-state index in [9.17, 15) is 9.59 Å². The van der Waals surface area contributed by atoms with Crippen molar-refractivity contribution in [2.45, 2.75) is 30.8 Å². The summed E-state index contributed by atoms with van der Waals surface area (Å²) in [6.07, 6.45) is 4.09. The number of hydrogen-bond acceptors (Lipinski definition) is 8. The number of aromatic nitrogens is 2. The molecule has 0 fully saturated rings. The molecule has 2 aromatic carbocycles. The van der Waals surface area contributed by atoms with Crippen LogP contribution in [0.5, 0.6) is 17.2 Å². The van der Waals surface area contributed by atoms with Crippen LogP contribution in [0.3, 0.4) is 0 Å². The highest BCUT2D eigenvalue weighted by atomic mass is 32.2. The molecule has 2 aromatic heterocycles. The van der Waals surface area contributed by atoms with Crippen LogP contribution in [0, 0.1) is 0 Å². The highest BCUT2D eigenvalue weighted by Gasteiger charge is 2.24. The van der Waals surface area contributed by atoms with Gasteiger partial charge in [0.2, 0.25) is 0 Å². The summed E-state index contributed by atoms with van der Waals surface area (Å²) in [5, 5.41) is 1.18. The Kier molecular flexibility index (Phi) is 7.02. The van der Waals surface area contributed by atoms with Crippen LogP contribution in [0.15, 0.2) is 52.4 Å². The maximum atomic E-state index is 13.9. The molecule has 0 amide bonds. The number of ketones is 1. The van der Waals surface area contributed by atoms with Gasteiger partial charge in [-0.1, -0.05) is 11.8 Å². The third-order valence-electron chi connectivity index (χ3n) is 6.33. The fourth-order valence-electron chi connectivity index (χ4n) is 4.48. The van der Waals surface area contributed by atoms with Crippen molar-refractivity contribution in [3.63, 3.8) is 0 Å². The average Bonchev–Trinajstić information content (AvgIpc) is 3.30. The number of fused-ring (bicyclic) bond motifs is 3. The van der Waals surface area contributed by atoms with Crippen molar-refractivity contribution in [1.29, 1.82) is 0 Å². The Morgan fingerprint density at radius 2 is 1.72 bits per heavy atom. The molecule has 0 spiro atoms. The molecule has 7 nitrogen and oxygen atoms in total. The minimum Gasteiger partial charge on any atom is -0.497 e. The Morgan fingerprint density at radius 3 is 2.44 bits per heavy atom. The third kappa shape index (κ3) is 4.49. The van der Waals surface area contributed by atoms with Crippen molar-refractivity contribution in [3.8, 4) is 22.9 Å². The summed E-state index contributed by atoms with van der Waals surface area (Å²) in [6, 6.07) is 12.4. The van der Waals surface area contributed by atoms with Gasteiger partial charge in [-0.15, -0.1) is 11.3 Å². The second-order valence-corrected chi connectivity index (χ2v) is 10.4. The molecular formula is C27H26N2O5S2. The van der Waals surface area contributed by atoms with Crippen molar-refractivity contribution in [3.05, 3.63) is 68.8 Å². The maximum absolute atomic E-state index is 13.9. The molecule has 1 aliphatic rings. The molecule has 2 heterocycles. The van der Waals surface area contributed by atoms with Gasteiger partial charge in [0.1, 0.15) is 22.1 Å². The number of thiophene rings is 1. The van der Waals surface area contributed by atoms with Crippen molar-refractivity contribution in [2.24, 2.45) is 0 Å². The first kappa shape index (κ1) is 24.4. The Labute approximate surface area is 217 Å². The predicted octanol–water partition coefficient (Wildman–Crippen LogP) is 5.33. The number of benzene rings is 2. The van der Waals surface area contributed by atoms with Gasteiger partial charge in [-0.05, 0) is 73.7 Å². The van der Waals surface area contributed by atoms with Crippen molar-refractivity contribution in [1.82, 2.24) is 9.55 Å². The van der Waals surface area contributed by atoms with Gasteiger partial charge >= 0.3 is 0 Å². The number of ether oxygens (including phenoxy) is 3. The highest BCUT2D eigenvalue weighted by molar-refractivity contribution is 7.99. The first-order valence-corrected chi connectivity index (χ1v) is 13.4. The second-order valence-electron chi connectivity index (χ2n) is 8.40. The van der Waals surface area contributed by atoms with Crippen LogP contribution in [0.4, 0.5) is 0 Å². The van der Waals surface area contributed by atoms with Crippen LogP contribution >= 0.6 is 23.1 Å². The normalized spacial score (nSPS) is 12.9. The fourth-order valence-corrected chi connectivity index (χ4v) is 6.68. The minimum atomic E-state index is -0.142. The van der Waals surface area contributed by atoms with E-state index in [2.05, 4.69) is 0 Å². The summed E-state index contributed by atoms with van der Waals surface area (Å²) in [7, 11) is 4.69. The Hall–Kier alpha value is -3.30. The predicted molar refractivity (Wildman–Crippen MR) is 143 cm³/mol. The summed E-state index contributed by atoms with van der Waals surface area (Å²) >= 11 is 2.84.